The van der Waals surface area contributed by atoms with Crippen LogP contribution in [0, 0.1) is 13.8 Å². The van der Waals surface area contributed by atoms with Crippen LogP contribution in [0.5, 0.6) is 0 Å². The quantitative estimate of drug-likeness (QED) is 0.689. The van der Waals surface area contributed by atoms with Crippen LogP contribution >= 0.6 is 0 Å². The fraction of sp³-hybridized carbons (Fsp3) is 0.250. The van der Waals surface area contributed by atoms with Crippen molar-refractivity contribution in [3.63, 3.8) is 0 Å². The van der Waals surface area contributed by atoms with Crippen LogP contribution in [0.4, 0.5) is 4.79 Å². The molecule has 1 fully saturated rings. The minimum Gasteiger partial charge on any atom is -0.319 e. The van der Waals surface area contributed by atoms with E-state index in [0.717, 1.165) is 16.0 Å². The van der Waals surface area contributed by atoms with Crippen LogP contribution < -0.4 is 5.32 Å². The molecule has 1 aliphatic heterocycles. The zero-order valence-corrected chi connectivity index (χ0v) is 14.5. The van der Waals surface area contributed by atoms with E-state index in [1.54, 1.807) is 25.1 Å². The molecule has 0 unspecified atom stereocenters. The lowest BCUT2D eigenvalue weighted by Gasteiger charge is -2.22. The molecular weight excluding hydrogens is 316 g/mol. The number of nitrogens with zero attached hydrogens (tertiary/aromatic N) is 1. The van der Waals surface area contributed by atoms with Crippen LogP contribution in [0.2, 0.25) is 0 Å². The number of hydrogen-bond donors (Lipinski definition) is 1. The van der Waals surface area contributed by atoms with Crippen LogP contribution in [-0.4, -0.2) is 29.2 Å². The molecule has 5 heteroatoms. The maximum atomic E-state index is 12.8. The Labute approximate surface area is 146 Å². The van der Waals surface area contributed by atoms with Crippen molar-refractivity contribution >= 4 is 17.7 Å². The summed E-state index contributed by atoms with van der Waals surface area (Å²) < 4.78 is 0. The molecule has 2 aromatic rings. The standard InChI is InChI=1S/C20H20N2O3/c1-13-9-10-14(2)16(11-13)17(23)12-22-18(24)20(3,21-19(22)25)15-7-5-4-6-8-15/h4-11H,12H2,1-3H3,(H,21,25)/t20-/m1/s1. The maximum absolute atomic E-state index is 12.8. The van der Waals surface area contributed by atoms with E-state index in [-0.39, 0.29) is 12.3 Å². The molecule has 0 bridgehead atoms. The molecule has 25 heavy (non-hydrogen) atoms. The Morgan fingerprint density at radius 1 is 1.08 bits per heavy atom. The lowest BCUT2D eigenvalue weighted by Crippen LogP contribution is -2.41. The number of nitrogens with one attached hydrogen (secondary N) is 1. The van der Waals surface area contributed by atoms with E-state index in [2.05, 4.69) is 5.32 Å². The minimum absolute atomic E-state index is 0.248. The molecule has 1 saturated heterocycles. The van der Waals surface area contributed by atoms with Crippen molar-refractivity contribution in [1.29, 1.82) is 0 Å². The second-order valence-corrected chi connectivity index (χ2v) is 6.55. The van der Waals surface area contributed by atoms with E-state index >= 15 is 0 Å². The summed E-state index contributed by atoms with van der Waals surface area (Å²) in [6.45, 7) is 5.13. The third kappa shape index (κ3) is 2.93. The largest absolute Gasteiger partial charge is 0.325 e. The van der Waals surface area contributed by atoms with Crippen molar-refractivity contribution in [1.82, 2.24) is 10.2 Å². The van der Waals surface area contributed by atoms with Gasteiger partial charge in [0, 0.05) is 5.56 Å². The van der Waals surface area contributed by atoms with E-state index in [4.69, 9.17) is 0 Å². The molecule has 1 heterocycles. The van der Waals surface area contributed by atoms with Crippen LogP contribution in [0.1, 0.15) is 34.0 Å². The number of rotatable bonds is 4. The Morgan fingerprint density at radius 3 is 2.44 bits per heavy atom. The van der Waals surface area contributed by atoms with E-state index < -0.39 is 17.5 Å². The van der Waals surface area contributed by atoms with Gasteiger partial charge in [-0.25, -0.2) is 4.79 Å². The first kappa shape index (κ1) is 16.9. The van der Waals surface area contributed by atoms with Crippen molar-refractivity contribution < 1.29 is 14.4 Å². The van der Waals surface area contributed by atoms with Crippen molar-refractivity contribution in [2.75, 3.05) is 6.54 Å². The highest BCUT2D eigenvalue weighted by Gasteiger charge is 2.49. The molecule has 128 valence electrons. The van der Waals surface area contributed by atoms with Gasteiger partial charge < -0.3 is 5.32 Å². The Hall–Kier alpha value is -2.95. The number of carbonyl (C=O) groups is 3. The molecule has 3 amide bonds. The summed E-state index contributed by atoms with van der Waals surface area (Å²) in [5.74, 6) is -0.663. The molecule has 1 aliphatic rings. The Balaban J connectivity index is 1.86. The van der Waals surface area contributed by atoms with Crippen molar-refractivity contribution in [3.05, 3.63) is 70.8 Å². The Bertz CT molecular complexity index is 860. The first-order valence-electron chi connectivity index (χ1n) is 8.13. The number of aryl methyl sites for hydroxylation is 2. The van der Waals surface area contributed by atoms with Gasteiger partial charge >= 0.3 is 6.03 Å². The highest BCUT2D eigenvalue weighted by molar-refractivity contribution is 6.11. The zero-order valence-electron chi connectivity index (χ0n) is 14.5. The van der Waals surface area contributed by atoms with Gasteiger partial charge in [0.1, 0.15) is 5.54 Å². The van der Waals surface area contributed by atoms with Crippen LogP contribution in [0.25, 0.3) is 0 Å². The Morgan fingerprint density at radius 2 is 1.76 bits per heavy atom. The number of hydrogen-bond acceptors (Lipinski definition) is 3. The van der Waals surface area contributed by atoms with E-state index in [1.165, 1.54) is 0 Å². The number of imide groups is 1. The van der Waals surface area contributed by atoms with Gasteiger partial charge in [-0.05, 0) is 38.0 Å². The summed E-state index contributed by atoms with van der Waals surface area (Å²) >= 11 is 0. The van der Waals surface area contributed by atoms with Gasteiger partial charge in [-0.2, -0.15) is 0 Å². The van der Waals surface area contributed by atoms with Gasteiger partial charge in [0.15, 0.2) is 5.78 Å². The molecular formula is C20H20N2O3. The van der Waals surface area contributed by atoms with Crippen molar-refractivity contribution in [2.45, 2.75) is 26.3 Å². The van der Waals surface area contributed by atoms with Crippen LogP contribution in [0.3, 0.4) is 0 Å². The molecule has 0 saturated carbocycles. The predicted octanol–water partition coefficient (Wildman–Crippen LogP) is 2.95. The van der Waals surface area contributed by atoms with E-state index in [9.17, 15) is 14.4 Å². The highest BCUT2D eigenvalue weighted by atomic mass is 16.2. The first-order valence-corrected chi connectivity index (χ1v) is 8.13. The van der Waals surface area contributed by atoms with Gasteiger partial charge in [0.05, 0.1) is 6.54 Å². The average molecular weight is 336 g/mol. The SMILES string of the molecule is Cc1ccc(C)c(C(=O)CN2C(=O)N[C@](C)(c3ccccc3)C2=O)c1. The van der Waals surface area contributed by atoms with Gasteiger partial charge in [0.2, 0.25) is 0 Å². The van der Waals surface area contributed by atoms with Gasteiger partial charge in [-0.15, -0.1) is 0 Å². The van der Waals surface area contributed by atoms with Crippen molar-refractivity contribution in [2.24, 2.45) is 0 Å². The lowest BCUT2D eigenvalue weighted by atomic mass is 9.92. The summed E-state index contributed by atoms with van der Waals surface area (Å²) in [7, 11) is 0. The normalized spacial score (nSPS) is 19.9. The molecule has 0 aromatic heterocycles. The van der Waals surface area contributed by atoms with Crippen LogP contribution in [0.15, 0.2) is 48.5 Å². The van der Waals surface area contributed by atoms with Crippen LogP contribution in [-0.2, 0) is 10.3 Å². The summed E-state index contributed by atoms with van der Waals surface area (Å²) in [5, 5.41) is 2.71. The molecule has 1 N–H and O–H groups in total. The third-order valence-corrected chi connectivity index (χ3v) is 4.62. The minimum atomic E-state index is -1.15. The fourth-order valence-electron chi connectivity index (χ4n) is 3.07. The second kappa shape index (κ2) is 6.16. The molecule has 5 nitrogen and oxygen atoms in total. The summed E-state index contributed by atoms with van der Waals surface area (Å²) in [5.41, 5.74) is 1.86. The highest BCUT2D eigenvalue weighted by Crippen LogP contribution is 2.28. The number of benzene rings is 2. The van der Waals surface area contributed by atoms with Gasteiger partial charge in [0.25, 0.3) is 5.91 Å². The Kier molecular flexibility index (Phi) is 4.17. The van der Waals surface area contributed by atoms with E-state index in [0.29, 0.717) is 11.1 Å². The molecule has 0 aliphatic carbocycles. The summed E-state index contributed by atoms with van der Waals surface area (Å²) in [6.07, 6.45) is 0. The molecule has 1 atom stereocenters. The maximum Gasteiger partial charge on any atom is 0.325 e. The smallest absolute Gasteiger partial charge is 0.319 e. The molecule has 0 spiro atoms. The average Bonchev–Trinajstić information content (AvgIpc) is 2.82. The second-order valence-electron chi connectivity index (χ2n) is 6.55. The fourth-order valence-corrected chi connectivity index (χ4v) is 3.07. The number of Topliss-reactive ketones (excluding diaryl/α,β-unsaturated/α-hetero) is 1. The lowest BCUT2D eigenvalue weighted by molar-refractivity contribution is -0.130. The molecule has 2 aromatic carbocycles. The molecule has 0 radical (unpaired) electrons. The molecule has 3 rings (SSSR count). The van der Waals surface area contributed by atoms with E-state index in [1.807, 2.05) is 44.2 Å². The number of carbonyl (C=O) groups excluding carboxylic acids is 3. The number of urea groups is 1. The topological polar surface area (TPSA) is 66.5 Å². The first-order chi connectivity index (χ1) is 11.8. The zero-order chi connectivity index (χ0) is 18.2. The monoisotopic (exact) mass is 336 g/mol. The van der Waals surface area contributed by atoms with Gasteiger partial charge in [-0.1, -0.05) is 48.0 Å². The summed E-state index contributed by atoms with van der Waals surface area (Å²) in [6, 6.07) is 14.1. The van der Waals surface area contributed by atoms with Crippen molar-refractivity contribution in [3.8, 4) is 0 Å². The predicted molar refractivity (Wildman–Crippen MR) is 94.3 cm³/mol. The number of ketones is 1. The summed E-state index contributed by atoms with van der Waals surface area (Å²) in [4.78, 5) is 38.8. The third-order valence-electron chi connectivity index (χ3n) is 4.62. The van der Waals surface area contributed by atoms with Gasteiger partial charge in [-0.3, -0.25) is 14.5 Å². The number of amides is 3.